The molecular formula is C22H20N2O5S. The van der Waals surface area contributed by atoms with Gasteiger partial charge in [-0.25, -0.2) is 0 Å². The molecule has 0 aliphatic rings. The van der Waals surface area contributed by atoms with Crippen molar-refractivity contribution in [3.63, 3.8) is 0 Å². The highest BCUT2D eigenvalue weighted by molar-refractivity contribution is 7.99. The fourth-order valence-corrected chi connectivity index (χ4v) is 3.10. The monoisotopic (exact) mass is 424 g/mol. The second-order valence-corrected chi connectivity index (χ2v) is 7.30. The summed E-state index contributed by atoms with van der Waals surface area (Å²) < 4.78 is 11.3. The van der Waals surface area contributed by atoms with Crippen LogP contribution in [-0.4, -0.2) is 24.2 Å². The van der Waals surface area contributed by atoms with Gasteiger partial charge in [-0.3, -0.25) is 9.59 Å². The summed E-state index contributed by atoms with van der Waals surface area (Å²) in [5, 5.41) is 14.5. The second kappa shape index (κ2) is 10.3. The van der Waals surface area contributed by atoms with Crippen molar-refractivity contribution in [2.75, 3.05) is 17.7 Å². The molecule has 0 unspecified atom stereocenters. The van der Waals surface area contributed by atoms with E-state index in [1.165, 1.54) is 6.20 Å². The van der Waals surface area contributed by atoms with E-state index in [2.05, 4.69) is 5.32 Å². The summed E-state index contributed by atoms with van der Waals surface area (Å²) in [5.41, 5.74) is 1.70. The molecular weight excluding hydrogens is 404 g/mol. The highest BCUT2D eigenvalue weighted by Crippen LogP contribution is 2.23. The Morgan fingerprint density at radius 2 is 1.67 bits per heavy atom. The molecule has 3 aromatic rings. The normalized spacial score (nSPS) is 10.3. The Balaban J connectivity index is 1.41. The quantitative estimate of drug-likeness (QED) is 0.257. The van der Waals surface area contributed by atoms with Crippen LogP contribution < -0.4 is 14.8 Å². The van der Waals surface area contributed by atoms with Crippen molar-refractivity contribution < 1.29 is 23.8 Å². The van der Waals surface area contributed by atoms with E-state index in [0.717, 1.165) is 23.1 Å². The lowest BCUT2D eigenvalue weighted by molar-refractivity contribution is -0.645. The Morgan fingerprint density at radius 3 is 2.33 bits per heavy atom. The molecule has 1 heterocycles. The van der Waals surface area contributed by atoms with E-state index in [9.17, 15) is 14.8 Å². The molecule has 0 bridgehead atoms. The average Bonchev–Trinajstić information content (AvgIpc) is 2.75. The van der Waals surface area contributed by atoms with Gasteiger partial charge in [0, 0.05) is 17.8 Å². The standard InChI is InChI=1S/C22H20N2O5S/c1-16-5-9-18(10-6-16)29-19-11-7-17(8-12-19)23-20(25)14-28-22(26)15-30-21-4-2-3-13-24(21)27/h2-13H,14-15H2,1H3,(H,23,25). The molecule has 0 radical (unpaired) electrons. The Bertz CT molecular complexity index is 1010. The van der Waals surface area contributed by atoms with E-state index in [0.29, 0.717) is 21.2 Å². The number of esters is 1. The van der Waals surface area contributed by atoms with Crippen LogP contribution in [0, 0.1) is 12.1 Å². The summed E-state index contributed by atoms with van der Waals surface area (Å²) in [6.07, 6.45) is 1.35. The van der Waals surface area contributed by atoms with Gasteiger partial charge in [-0.1, -0.05) is 17.7 Å². The molecule has 0 aliphatic carbocycles. The third-order valence-electron chi connectivity index (χ3n) is 3.89. The van der Waals surface area contributed by atoms with Gasteiger partial charge < -0.3 is 20.0 Å². The number of aromatic nitrogens is 1. The number of ether oxygens (including phenoxy) is 2. The summed E-state index contributed by atoms with van der Waals surface area (Å²) in [7, 11) is 0. The fourth-order valence-electron chi connectivity index (χ4n) is 2.39. The molecule has 3 rings (SSSR count). The Kier molecular flexibility index (Phi) is 7.29. The summed E-state index contributed by atoms with van der Waals surface area (Å²) in [4.78, 5) is 23.7. The van der Waals surface area contributed by atoms with Crippen LogP contribution in [0.1, 0.15) is 5.56 Å². The molecule has 30 heavy (non-hydrogen) atoms. The van der Waals surface area contributed by atoms with Crippen molar-refractivity contribution in [2.45, 2.75) is 11.9 Å². The number of hydrogen-bond donors (Lipinski definition) is 1. The van der Waals surface area contributed by atoms with Crippen LogP contribution in [0.25, 0.3) is 0 Å². The molecule has 154 valence electrons. The van der Waals surface area contributed by atoms with Gasteiger partial charge >= 0.3 is 5.97 Å². The Labute approximate surface area is 178 Å². The van der Waals surface area contributed by atoms with Crippen LogP contribution in [0.15, 0.2) is 78.0 Å². The van der Waals surface area contributed by atoms with Crippen LogP contribution in [0.3, 0.4) is 0 Å². The maximum absolute atomic E-state index is 12.0. The van der Waals surface area contributed by atoms with Gasteiger partial charge in [-0.2, -0.15) is 4.73 Å². The molecule has 8 heteroatoms. The van der Waals surface area contributed by atoms with Crippen molar-refractivity contribution in [1.82, 2.24) is 0 Å². The smallest absolute Gasteiger partial charge is 0.317 e. The van der Waals surface area contributed by atoms with Gasteiger partial charge in [0.1, 0.15) is 17.3 Å². The Morgan fingerprint density at radius 1 is 1.00 bits per heavy atom. The van der Waals surface area contributed by atoms with Gasteiger partial charge in [-0.05, 0) is 61.2 Å². The van der Waals surface area contributed by atoms with Crippen molar-refractivity contribution in [2.24, 2.45) is 0 Å². The molecule has 2 aromatic carbocycles. The third-order valence-corrected chi connectivity index (χ3v) is 4.88. The molecule has 0 saturated carbocycles. The molecule has 0 saturated heterocycles. The number of anilines is 1. The molecule has 1 amide bonds. The number of carbonyl (C=O) groups is 2. The SMILES string of the molecule is Cc1ccc(Oc2ccc(NC(=O)COC(=O)CSc3cccc[n+]3[O-])cc2)cc1. The molecule has 0 fully saturated rings. The lowest BCUT2D eigenvalue weighted by Gasteiger charge is -2.09. The van der Waals surface area contributed by atoms with Crippen molar-refractivity contribution >= 4 is 29.3 Å². The van der Waals surface area contributed by atoms with E-state index in [4.69, 9.17) is 9.47 Å². The van der Waals surface area contributed by atoms with Crippen LogP contribution in [0.5, 0.6) is 11.5 Å². The van der Waals surface area contributed by atoms with Crippen LogP contribution >= 0.6 is 11.8 Å². The number of pyridine rings is 1. The number of hydrogen-bond acceptors (Lipinski definition) is 6. The highest BCUT2D eigenvalue weighted by Gasteiger charge is 2.12. The van der Waals surface area contributed by atoms with Gasteiger partial charge in [-0.15, -0.1) is 0 Å². The van der Waals surface area contributed by atoms with Crippen molar-refractivity contribution in [3.8, 4) is 11.5 Å². The number of carbonyl (C=O) groups excluding carboxylic acids is 2. The fraction of sp³-hybridized carbons (Fsp3) is 0.136. The molecule has 0 spiro atoms. The van der Waals surface area contributed by atoms with Gasteiger partial charge in [0.25, 0.3) is 10.9 Å². The predicted octanol–water partition coefficient (Wildman–Crippen LogP) is 3.69. The third kappa shape index (κ3) is 6.52. The topological polar surface area (TPSA) is 91.6 Å². The predicted molar refractivity (Wildman–Crippen MR) is 113 cm³/mol. The summed E-state index contributed by atoms with van der Waals surface area (Å²) >= 11 is 1.04. The van der Waals surface area contributed by atoms with Crippen molar-refractivity contribution in [1.29, 1.82) is 0 Å². The first-order valence-corrected chi connectivity index (χ1v) is 10.1. The second-order valence-electron chi connectivity index (χ2n) is 6.30. The molecule has 1 N–H and O–H groups in total. The summed E-state index contributed by atoms with van der Waals surface area (Å²) in [6.45, 7) is 1.59. The summed E-state index contributed by atoms with van der Waals surface area (Å²) in [6, 6.07) is 19.4. The van der Waals surface area contributed by atoms with E-state index in [1.807, 2.05) is 31.2 Å². The Hall–Kier alpha value is -3.52. The first-order valence-electron chi connectivity index (χ1n) is 9.10. The first-order chi connectivity index (χ1) is 14.5. The zero-order chi connectivity index (χ0) is 21.3. The highest BCUT2D eigenvalue weighted by atomic mass is 32.2. The number of rotatable bonds is 8. The number of aryl methyl sites for hydroxylation is 1. The lowest BCUT2D eigenvalue weighted by atomic mass is 10.2. The maximum atomic E-state index is 12.0. The van der Waals surface area contributed by atoms with Crippen LogP contribution in [0.4, 0.5) is 5.69 Å². The molecule has 0 atom stereocenters. The van der Waals surface area contributed by atoms with E-state index >= 15 is 0 Å². The molecule has 1 aromatic heterocycles. The molecule has 7 nitrogen and oxygen atoms in total. The van der Waals surface area contributed by atoms with Gasteiger partial charge in [0.15, 0.2) is 12.8 Å². The lowest BCUT2D eigenvalue weighted by Crippen LogP contribution is -2.28. The van der Waals surface area contributed by atoms with E-state index < -0.39 is 18.5 Å². The zero-order valence-corrected chi connectivity index (χ0v) is 17.1. The van der Waals surface area contributed by atoms with Gasteiger partial charge in [0.2, 0.25) is 0 Å². The summed E-state index contributed by atoms with van der Waals surface area (Å²) in [5.74, 6) is 0.252. The van der Waals surface area contributed by atoms with Crippen molar-refractivity contribution in [3.05, 3.63) is 83.7 Å². The van der Waals surface area contributed by atoms with E-state index in [-0.39, 0.29) is 5.75 Å². The molecule has 0 aliphatic heterocycles. The number of thioether (sulfide) groups is 1. The van der Waals surface area contributed by atoms with Gasteiger partial charge in [0.05, 0.1) is 0 Å². The number of nitrogens with zero attached hydrogens (tertiary/aromatic N) is 1. The maximum Gasteiger partial charge on any atom is 0.317 e. The first kappa shape index (κ1) is 21.2. The minimum Gasteiger partial charge on any atom is -0.618 e. The minimum absolute atomic E-state index is 0.0649. The minimum atomic E-state index is -0.583. The number of benzene rings is 2. The van der Waals surface area contributed by atoms with Crippen LogP contribution in [-0.2, 0) is 14.3 Å². The van der Waals surface area contributed by atoms with E-state index in [1.54, 1.807) is 42.5 Å². The number of nitrogens with one attached hydrogen (secondary N) is 1. The average molecular weight is 424 g/mol. The largest absolute Gasteiger partial charge is 0.618 e. The number of amides is 1. The van der Waals surface area contributed by atoms with Crippen LogP contribution in [0.2, 0.25) is 0 Å². The zero-order valence-electron chi connectivity index (χ0n) is 16.2.